The third-order valence-corrected chi connectivity index (χ3v) is 4.15. The Labute approximate surface area is 123 Å². The second kappa shape index (κ2) is 15.8. The maximum absolute atomic E-state index is 2.45. The Hall–Kier alpha value is -0.260. The summed E-state index contributed by atoms with van der Waals surface area (Å²) < 4.78 is 0. The number of hydrogen-bond acceptors (Lipinski definition) is 0. The van der Waals surface area contributed by atoms with Gasteiger partial charge >= 0.3 is 0 Å². The average molecular weight is 267 g/mol. The molecular formula is C19H38. The third-order valence-electron chi connectivity index (χ3n) is 4.15. The lowest BCUT2D eigenvalue weighted by Crippen LogP contribution is -1.97. The first-order chi connectivity index (χ1) is 9.35. The molecule has 0 rings (SSSR count). The minimum atomic E-state index is 0.938. The zero-order chi connectivity index (χ0) is 14.2. The summed E-state index contributed by atoms with van der Waals surface area (Å²) in [4.78, 5) is 0. The van der Waals surface area contributed by atoms with Crippen LogP contribution in [0.25, 0.3) is 0 Å². The summed E-state index contributed by atoms with van der Waals surface area (Å²) >= 11 is 0. The summed E-state index contributed by atoms with van der Waals surface area (Å²) in [5, 5.41) is 0. The van der Waals surface area contributed by atoms with Crippen LogP contribution in [0.5, 0.6) is 0 Å². The standard InChI is InChI=1S/C19H38/c1-4-7-9-11-12-14-16-18-19(6-3)17-15-13-10-8-5-2/h14,16,19H,4-13,15,17-18H2,1-3H3. The molecule has 0 aromatic heterocycles. The zero-order valence-corrected chi connectivity index (χ0v) is 13.9. The van der Waals surface area contributed by atoms with Gasteiger partial charge in [-0.3, -0.25) is 0 Å². The third kappa shape index (κ3) is 14.0. The molecule has 1 unspecified atom stereocenters. The first-order valence-corrected chi connectivity index (χ1v) is 9.00. The maximum atomic E-state index is 2.45. The van der Waals surface area contributed by atoms with Crippen LogP contribution in [0.1, 0.15) is 104 Å². The van der Waals surface area contributed by atoms with E-state index in [9.17, 15) is 0 Å². The van der Waals surface area contributed by atoms with Crippen LogP contribution in [0.4, 0.5) is 0 Å². The number of allylic oxidation sites excluding steroid dienone is 2. The van der Waals surface area contributed by atoms with E-state index in [2.05, 4.69) is 32.9 Å². The maximum Gasteiger partial charge on any atom is -0.0322 e. The van der Waals surface area contributed by atoms with Crippen LogP contribution < -0.4 is 0 Å². The molecule has 0 aliphatic rings. The summed E-state index contributed by atoms with van der Waals surface area (Å²) in [5.74, 6) is 0.938. The lowest BCUT2D eigenvalue weighted by Gasteiger charge is -2.12. The molecule has 19 heavy (non-hydrogen) atoms. The van der Waals surface area contributed by atoms with E-state index in [0.29, 0.717) is 0 Å². The van der Waals surface area contributed by atoms with Gasteiger partial charge in [0.05, 0.1) is 0 Å². The van der Waals surface area contributed by atoms with Gasteiger partial charge in [0, 0.05) is 0 Å². The van der Waals surface area contributed by atoms with Crippen LogP contribution in [0.2, 0.25) is 0 Å². The van der Waals surface area contributed by atoms with Gasteiger partial charge in [0.15, 0.2) is 0 Å². The van der Waals surface area contributed by atoms with E-state index in [1.165, 1.54) is 83.5 Å². The highest BCUT2D eigenvalue weighted by Gasteiger charge is 2.03. The molecular weight excluding hydrogens is 228 g/mol. The Morgan fingerprint density at radius 3 is 1.95 bits per heavy atom. The van der Waals surface area contributed by atoms with Crippen molar-refractivity contribution < 1.29 is 0 Å². The predicted molar refractivity (Wildman–Crippen MR) is 89.7 cm³/mol. The normalized spacial score (nSPS) is 13.2. The fourth-order valence-electron chi connectivity index (χ4n) is 2.62. The molecule has 0 N–H and O–H groups in total. The highest BCUT2D eigenvalue weighted by molar-refractivity contribution is 4.83. The average Bonchev–Trinajstić information content (AvgIpc) is 2.44. The van der Waals surface area contributed by atoms with E-state index in [0.717, 1.165) is 5.92 Å². The molecule has 0 fully saturated rings. The van der Waals surface area contributed by atoms with Crippen LogP contribution in [-0.2, 0) is 0 Å². The number of hydrogen-bond donors (Lipinski definition) is 0. The molecule has 114 valence electrons. The first-order valence-electron chi connectivity index (χ1n) is 9.00. The molecule has 0 heteroatoms. The van der Waals surface area contributed by atoms with Crippen molar-refractivity contribution >= 4 is 0 Å². The van der Waals surface area contributed by atoms with Crippen molar-refractivity contribution in [3.63, 3.8) is 0 Å². The number of rotatable bonds is 14. The molecule has 0 saturated carbocycles. The predicted octanol–water partition coefficient (Wildman–Crippen LogP) is 7.29. The summed E-state index contributed by atoms with van der Waals surface area (Å²) in [7, 11) is 0. The lowest BCUT2D eigenvalue weighted by atomic mass is 9.94. The van der Waals surface area contributed by atoms with Gasteiger partial charge in [0.2, 0.25) is 0 Å². The van der Waals surface area contributed by atoms with Crippen molar-refractivity contribution in [3.05, 3.63) is 12.2 Å². The van der Waals surface area contributed by atoms with Crippen molar-refractivity contribution in [2.45, 2.75) is 104 Å². The van der Waals surface area contributed by atoms with Crippen LogP contribution in [0.15, 0.2) is 12.2 Å². The summed E-state index contributed by atoms with van der Waals surface area (Å²) in [6.07, 6.45) is 23.0. The Bertz CT molecular complexity index is 180. The zero-order valence-electron chi connectivity index (χ0n) is 13.9. The van der Waals surface area contributed by atoms with E-state index in [-0.39, 0.29) is 0 Å². The highest BCUT2D eigenvalue weighted by atomic mass is 14.1. The van der Waals surface area contributed by atoms with E-state index >= 15 is 0 Å². The largest absolute Gasteiger partial charge is 0.0885 e. The molecule has 0 spiro atoms. The van der Waals surface area contributed by atoms with E-state index in [4.69, 9.17) is 0 Å². The minimum Gasteiger partial charge on any atom is -0.0885 e. The summed E-state index contributed by atoms with van der Waals surface area (Å²) in [6.45, 7) is 6.92. The summed E-state index contributed by atoms with van der Waals surface area (Å²) in [6, 6.07) is 0. The fourth-order valence-corrected chi connectivity index (χ4v) is 2.62. The Balaban J connectivity index is 3.44. The molecule has 0 heterocycles. The van der Waals surface area contributed by atoms with Gasteiger partial charge in [-0.25, -0.2) is 0 Å². The Kier molecular flexibility index (Phi) is 15.6. The molecule has 0 saturated heterocycles. The minimum absolute atomic E-state index is 0.938. The molecule has 0 bridgehead atoms. The quantitative estimate of drug-likeness (QED) is 0.229. The van der Waals surface area contributed by atoms with E-state index < -0.39 is 0 Å². The van der Waals surface area contributed by atoms with Crippen molar-refractivity contribution in [2.24, 2.45) is 5.92 Å². The van der Waals surface area contributed by atoms with Gasteiger partial charge in [0.25, 0.3) is 0 Å². The molecule has 0 aromatic carbocycles. The SMILES string of the molecule is CCCCCCC=CCC(CC)CCCCCCC. The molecule has 0 amide bonds. The van der Waals surface area contributed by atoms with Gasteiger partial charge in [-0.1, -0.05) is 97.1 Å². The van der Waals surface area contributed by atoms with Crippen molar-refractivity contribution in [3.8, 4) is 0 Å². The second-order valence-electron chi connectivity index (χ2n) is 6.03. The monoisotopic (exact) mass is 266 g/mol. The topological polar surface area (TPSA) is 0 Å². The Morgan fingerprint density at radius 1 is 0.684 bits per heavy atom. The second-order valence-corrected chi connectivity index (χ2v) is 6.03. The van der Waals surface area contributed by atoms with Crippen LogP contribution in [-0.4, -0.2) is 0 Å². The molecule has 1 atom stereocenters. The van der Waals surface area contributed by atoms with Crippen LogP contribution >= 0.6 is 0 Å². The molecule has 0 aliphatic carbocycles. The van der Waals surface area contributed by atoms with Gasteiger partial charge < -0.3 is 0 Å². The highest BCUT2D eigenvalue weighted by Crippen LogP contribution is 2.18. The van der Waals surface area contributed by atoms with Gasteiger partial charge in [-0.15, -0.1) is 0 Å². The lowest BCUT2D eigenvalue weighted by molar-refractivity contribution is 0.443. The van der Waals surface area contributed by atoms with Crippen molar-refractivity contribution in [1.29, 1.82) is 0 Å². The fraction of sp³-hybridized carbons (Fsp3) is 0.895. The van der Waals surface area contributed by atoms with E-state index in [1.54, 1.807) is 0 Å². The number of unbranched alkanes of at least 4 members (excludes halogenated alkanes) is 8. The van der Waals surface area contributed by atoms with Crippen molar-refractivity contribution in [1.82, 2.24) is 0 Å². The van der Waals surface area contributed by atoms with Gasteiger partial charge in [-0.2, -0.15) is 0 Å². The van der Waals surface area contributed by atoms with Crippen LogP contribution in [0.3, 0.4) is 0 Å². The van der Waals surface area contributed by atoms with Gasteiger partial charge in [-0.05, 0) is 25.2 Å². The Morgan fingerprint density at radius 2 is 1.32 bits per heavy atom. The first kappa shape index (κ1) is 18.7. The van der Waals surface area contributed by atoms with E-state index in [1.807, 2.05) is 0 Å². The molecule has 0 aromatic rings. The van der Waals surface area contributed by atoms with Crippen LogP contribution in [0, 0.1) is 5.92 Å². The van der Waals surface area contributed by atoms with Gasteiger partial charge in [0.1, 0.15) is 0 Å². The molecule has 0 nitrogen and oxygen atoms in total. The molecule has 0 aliphatic heterocycles. The smallest absolute Gasteiger partial charge is 0.0322 e. The van der Waals surface area contributed by atoms with Crippen molar-refractivity contribution in [2.75, 3.05) is 0 Å². The molecule has 0 radical (unpaired) electrons. The summed E-state index contributed by atoms with van der Waals surface area (Å²) in [5.41, 5.74) is 0.